The minimum Gasteiger partial charge on any atom is -0.382 e. The molecular weight excluding hydrogens is 354 g/mol. The van der Waals surface area contributed by atoms with Crippen molar-refractivity contribution in [3.63, 3.8) is 0 Å². The van der Waals surface area contributed by atoms with Gasteiger partial charge < -0.3 is 15.5 Å². The highest BCUT2D eigenvalue weighted by molar-refractivity contribution is 6.04. The van der Waals surface area contributed by atoms with Crippen LogP contribution in [0.3, 0.4) is 0 Å². The molecule has 1 aliphatic rings. The Morgan fingerprint density at radius 3 is 2.54 bits per heavy atom. The fraction of sp³-hybridized carbons (Fsp3) is 0.318. The topological polar surface area (TPSA) is 79.8 Å². The van der Waals surface area contributed by atoms with Crippen LogP contribution in [-0.4, -0.2) is 36.2 Å². The Morgan fingerprint density at radius 2 is 1.86 bits per heavy atom. The molecule has 0 radical (unpaired) electrons. The fourth-order valence-electron chi connectivity index (χ4n) is 3.06. The van der Waals surface area contributed by atoms with Crippen LogP contribution in [-0.2, 0) is 20.8 Å². The van der Waals surface area contributed by atoms with Gasteiger partial charge in [-0.05, 0) is 25.0 Å². The van der Waals surface area contributed by atoms with E-state index in [1.165, 1.54) is 0 Å². The van der Waals surface area contributed by atoms with Crippen LogP contribution in [0.25, 0.3) is 0 Å². The maximum atomic E-state index is 12.7. The Hall–Kier alpha value is -3.15. The van der Waals surface area contributed by atoms with E-state index in [2.05, 4.69) is 15.8 Å². The second-order valence-corrected chi connectivity index (χ2v) is 6.85. The summed E-state index contributed by atoms with van der Waals surface area (Å²) in [5.41, 5.74) is 3.80. The first kappa shape index (κ1) is 19.6. The van der Waals surface area contributed by atoms with Gasteiger partial charge in [0, 0.05) is 19.4 Å². The summed E-state index contributed by atoms with van der Waals surface area (Å²) in [6, 6.07) is 16.9. The van der Waals surface area contributed by atoms with E-state index in [1.807, 2.05) is 68.4 Å². The number of carbonyl (C=O) groups excluding carboxylic acids is 2. The Morgan fingerprint density at radius 1 is 1.14 bits per heavy atom. The van der Waals surface area contributed by atoms with Gasteiger partial charge in [0.2, 0.25) is 12.0 Å². The molecule has 146 valence electrons. The number of hydrogen-bond donors (Lipinski definition) is 2. The lowest BCUT2D eigenvalue weighted by Crippen LogP contribution is -2.50. The second-order valence-electron chi connectivity index (χ2n) is 6.85. The lowest BCUT2D eigenvalue weighted by Gasteiger charge is -2.19. The van der Waals surface area contributed by atoms with Crippen molar-refractivity contribution in [3.8, 4) is 0 Å². The van der Waals surface area contributed by atoms with E-state index in [-0.39, 0.29) is 11.8 Å². The molecule has 0 aliphatic carbocycles. The number of nitrogens with zero attached hydrogens (tertiary/aromatic N) is 1. The van der Waals surface area contributed by atoms with Crippen molar-refractivity contribution in [2.45, 2.75) is 38.8 Å². The molecule has 2 N–H and O–H groups in total. The maximum absolute atomic E-state index is 12.7. The van der Waals surface area contributed by atoms with Gasteiger partial charge in [0.25, 0.3) is 5.91 Å². The summed E-state index contributed by atoms with van der Waals surface area (Å²) in [4.78, 5) is 30.5. The number of aryl methyl sites for hydroxylation is 1. The molecule has 2 atom stereocenters. The van der Waals surface area contributed by atoms with E-state index < -0.39 is 12.1 Å². The number of hydrogen-bond acceptors (Lipinski definition) is 4. The Balaban J connectivity index is 1.63. The number of benzene rings is 2. The third-order valence-corrected chi connectivity index (χ3v) is 4.61. The number of nitrogens with one attached hydrogen (secondary N) is 2. The fourth-order valence-corrected chi connectivity index (χ4v) is 3.06. The molecule has 6 nitrogen and oxygen atoms in total. The first-order valence-corrected chi connectivity index (χ1v) is 9.48. The van der Waals surface area contributed by atoms with E-state index in [0.29, 0.717) is 19.4 Å². The first-order chi connectivity index (χ1) is 13.6. The standard InChI is InChI=1S/C22H25N3O3/c1-3-23-21(26)19(13-16-7-5-4-6-8-16)24-22(27)20-14-18(25-28-20)17-11-9-15(2)10-12-17/h4-12,19-20H,3,13-14H2,1-2H3,(H,23,26)(H,24,27)/t19-,20-/m0/s1. The zero-order valence-electron chi connectivity index (χ0n) is 16.1. The van der Waals surface area contributed by atoms with Crippen LogP contribution in [0.4, 0.5) is 0 Å². The van der Waals surface area contributed by atoms with Gasteiger partial charge >= 0.3 is 0 Å². The van der Waals surface area contributed by atoms with Crippen molar-refractivity contribution in [1.29, 1.82) is 0 Å². The lowest BCUT2D eigenvalue weighted by atomic mass is 10.0. The molecule has 0 saturated carbocycles. The summed E-state index contributed by atoms with van der Waals surface area (Å²) in [7, 11) is 0. The monoisotopic (exact) mass is 379 g/mol. The molecule has 1 aliphatic heterocycles. The molecule has 0 aromatic heterocycles. The Bertz CT molecular complexity index is 847. The van der Waals surface area contributed by atoms with Crippen LogP contribution in [0, 0.1) is 6.92 Å². The molecule has 3 rings (SSSR count). The third-order valence-electron chi connectivity index (χ3n) is 4.61. The number of carbonyl (C=O) groups is 2. The zero-order valence-corrected chi connectivity index (χ0v) is 16.1. The van der Waals surface area contributed by atoms with E-state index in [0.717, 1.165) is 22.4 Å². The largest absolute Gasteiger partial charge is 0.382 e. The van der Waals surface area contributed by atoms with Crippen molar-refractivity contribution in [2.24, 2.45) is 5.16 Å². The average Bonchev–Trinajstić information content (AvgIpc) is 3.19. The van der Waals surface area contributed by atoms with Crippen LogP contribution < -0.4 is 10.6 Å². The van der Waals surface area contributed by atoms with Crippen LogP contribution in [0.1, 0.15) is 30.0 Å². The molecule has 2 aromatic carbocycles. The van der Waals surface area contributed by atoms with Crippen LogP contribution >= 0.6 is 0 Å². The Labute approximate surface area is 165 Å². The average molecular weight is 379 g/mol. The van der Waals surface area contributed by atoms with E-state index in [9.17, 15) is 9.59 Å². The molecule has 0 bridgehead atoms. The number of rotatable bonds is 7. The predicted octanol–water partition coefficient (Wildman–Crippen LogP) is 2.35. The van der Waals surface area contributed by atoms with Gasteiger partial charge in [0.15, 0.2) is 0 Å². The van der Waals surface area contributed by atoms with Gasteiger partial charge in [-0.15, -0.1) is 0 Å². The smallest absolute Gasteiger partial charge is 0.265 e. The molecule has 0 fully saturated rings. The first-order valence-electron chi connectivity index (χ1n) is 9.48. The summed E-state index contributed by atoms with van der Waals surface area (Å²) in [6.45, 7) is 4.36. The summed E-state index contributed by atoms with van der Waals surface area (Å²) < 4.78 is 0. The van der Waals surface area contributed by atoms with Gasteiger partial charge in [0.05, 0.1) is 5.71 Å². The third kappa shape index (κ3) is 4.97. The van der Waals surface area contributed by atoms with Crippen molar-refractivity contribution in [2.75, 3.05) is 6.54 Å². The van der Waals surface area contributed by atoms with Gasteiger partial charge in [-0.2, -0.15) is 0 Å². The minimum absolute atomic E-state index is 0.211. The zero-order chi connectivity index (χ0) is 19.9. The summed E-state index contributed by atoms with van der Waals surface area (Å²) in [6.07, 6.45) is 0.0584. The Kier molecular flexibility index (Phi) is 6.42. The van der Waals surface area contributed by atoms with Crippen molar-refractivity contribution in [3.05, 3.63) is 71.3 Å². The van der Waals surface area contributed by atoms with Crippen molar-refractivity contribution < 1.29 is 14.4 Å². The molecular formula is C22H25N3O3. The minimum atomic E-state index is -0.732. The summed E-state index contributed by atoms with van der Waals surface area (Å²) in [5.74, 6) is -0.546. The van der Waals surface area contributed by atoms with Gasteiger partial charge in [0.1, 0.15) is 6.04 Å². The van der Waals surface area contributed by atoms with E-state index in [1.54, 1.807) is 0 Å². The number of likely N-dealkylation sites (N-methyl/N-ethyl adjacent to an activating group) is 1. The van der Waals surface area contributed by atoms with Gasteiger partial charge in [-0.1, -0.05) is 65.3 Å². The van der Waals surface area contributed by atoms with Crippen LogP contribution in [0.2, 0.25) is 0 Å². The van der Waals surface area contributed by atoms with Crippen LogP contribution in [0.5, 0.6) is 0 Å². The summed E-state index contributed by atoms with van der Waals surface area (Å²) >= 11 is 0. The molecule has 1 heterocycles. The normalized spacial score (nSPS) is 16.6. The summed E-state index contributed by atoms with van der Waals surface area (Å²) in [5, 5.41) is 9.67. The molecule has 0 saturated heterocycles. The molecule has 2 aromatic rings. The van der Waals surface area contributed by atoms with Crippen molar-refractivity contribution in [1.82, 2.24) is 10.6 Å². The highest BCUT2D eigenvalue weighted by Crippen LogP contribution is 2.18. The van der Waals surface area contributed by atoms with Crippen LogP contribution in [0.15, 0.2) is 59.8 Å². The molecule has 2 amide bonds. The number of oxime groups is 1. The predicted molar refractivity (Wildman–Crippen MR) is 108 cm³/mol. The van der Waals surface area contributed by atoms with Gasteiger partial charge in [-0.25, -0.2) is 0 Å². The SMILES string of the molecule is CCNC(=O)[C@H](Cc1ccccc1)NC(=O)[C@@H]1CC(c2ccc(C)cc2)=NO1. The maximum Gasteiger partial charge on any atom is 0.265 e. The second kappa shape index (κ2) is 9.17. The van der Waals surface area contributed by atoms with Crippen molar-refractivity contribution >= 4 is 17.5 Å². The molecule has 6 heteroatoms. The van der Waals surface area contributed by atoms with Gasteiger partial charge in [-0.3, -0.25) is 9.59 Å². The molecule has 0 spiro atoms. The molecule has 28 heavy (non-hydrogen) atoms. The van der Waals surface area contributed by atoms with E-state index in [4.69, 9.17) is 4.84 Å². The number of amides is 2. The van der Waals surface area contributed by atoms with E-state index >= 15 is 0 Å². The highest BCUT2D eigenvalue weighted by atomic mass is 16.6. The molecule has 0 unspecified atom stereocenters. The quantitative estimate of drug-likeness (QED) is 0.775. The highest BCUT2D eigenvalue weighted by Gasteiger charge is 2.31. The lowest BCUT2D eigenvalue weighted by molar-refractivity contribution is -0.135.